The van der Waals surface area contributed by atoms with E-state index in [2.05, 4.69) is 20.4 Å². The summed E-state index contributed by atoms with van der Waals surface area (Å²) >= 11 is 0. The SMILES string of the molecule is O=C(O)C1CCCCC1Nc1ccc(=O)n(-c2c[nH]c3ncc(F)cc23)n1. The van der Waals surface area contributed by atoms with Crippen LogP contribution in [0, 0.1) is 11.7 Å². The van der Waals surface area contributed by atoms with Gasteiger partial charge in [-0.05, 0) is 25.0 Å². The zero-order valence-electron chi connectivity index (χ0n) is 14.4. The van der Waals surface area contributed by atoms with Crippen molar-refractivity contribution in [1.29, 1.82) is 0 Å². The maximum absolute atomic E-state index is 13.6. The number of hydrogen-bond donors (Lipinski definition) is 3. The molecular formula is C18H18FN5O3. The van der Waals surface area contributed by atoms with Crippen molar-refractivity contribution < 1.29 is 14.3 Å². The van der Waals surface area contributed by atoms with Crippen LogP contribution in [0.1, 0.15) is 25.7 Å². The smallest absolute Gasteiger partial charge is 0.308 e. The number of H-pyrrole nitrogens is 1. The zero-order valence-corrected chi connectivity index (χ0v) is 14.4. The van der Waals surface area contributed by atoms with Crippen LogP contribution in [-0.4, -0.2) is 36.9 Å². The molecule has 8 nitrogen and oxygen atoms in total. The molecule has 1 aliphatic carbocycles. The van der Waals surface area contributed by atoms with E-state index >= 15 is 0 Å². The molecule has 0 spiro atoms. The third-order valence-electron chi connectivity index (χ3n) is 4.92. The third-order valence-corrected chi connectivity index (χ3v) is 4.92. The molecule has 0 aromatic carbocycles. The van der Waals surface area contributed by atoms with Gasteiger partial charge in [-0.25, -0.2) is 9.37 Å². The molecule has 0 saturated heterocycles. The highest BCUT2D eigenvalue weighted by Crippen LogP contribution is 2.27. The molecule has 0 aliphatic heterocycles. The lowest BCUT2D eigenvalue weighted by Crippen LogP contribution is -2.37. The quantitative estimate of drug-likeness (QED) is 0.649. The van der Waals surface area contributed by atoms with Crippen molar-refractivity contribution in [2.45, 2.75) is 31.7 Å². The maximum atomic E-state index is 13.6. The van der Waals surface area contributed by atoms with E-state index in [1.807, 2.05) is 0 Å². The molecule has 4 rings (SSSR count). The number of anilines is 1. The highest BCUT2D eigenvalue weighted by Gasteiger charge is 2.31. The molecular weight excluding hydrogens is 353 g/mol. The number of rotatable bonds is 4. The Kier molecular flexibility index (Phi) is 4.35. The van der Waals surface area contributed by atoms with Crippen molar-refractivity contribution in [3.8, 4) is 5.69 Å². The number of aromatic amines is 1. The van der Waals surface area contributed by atoms with E-state index in [1.165, 1.54) is 24.4 Å². The second-order valence-corrected chi connectivity index (χ2v) is 6.67. The summed E-state index contributed by atoms with van der Waals surface area (Å²) in [6.45, 7) is 0. The minimum Gasteiger partial charge on any atom is -0.481 e. The van der Waals surface area contributed by atoms with Crippen molar-refractivity contribution in [2.24, 2.45) is 5.92 Å². The summed E-state index contributed by atoms with van der Waals surface area (Å²) < 4.78 is 14.7. The molecule has 2 unspecified atom stereocenters. The third kappa shape index (κ3) is 3.27. The highest BCUT2D eigenvalue weighted by atomic mass is 19.1. The first kappa shape index (κ1) is 17.2. The van der Waals surface area contributed by atoms with Gasteiger partial charge in [0.25, 0.3) is 5.56 Å². The topological polar surface area (TPSA) is 113 Å². The van der Waals surface area contributed by atoms with Gasteiger partial charge in [0.05, 0.1) is 17.8 Å². The van der Waals surface area contributed by atoms with Crippen molar-refractivity contribution >= 4 is 22.8 Å². The molecule has 3 aromatic rings. The summed E-state index contributed by atoms with van der Waals surface area (Å²) in [6, 6.07) is 3.90. The van der Waals surface area contributed by atoms with Gasteiger partial charge >= 0.3 is 5.97 Å². The fraction of sp³-hybridized carbons (Fsp3) is 0.333. The monoisotopic (exact) mass is 371 g/mol. The Balaban J connectivity index is 1.70. The molecule has 140 valence electrons. The molecule has 9 heteroatoms. The molecule has 27 heavy (non-hydrogen) atoms. The molecule has 1 saturated carbocycles. The summed E-state index contributed by atoms with van der Waals surface area (Å²) in [5.41, 5.74) is 0.435. The van der Waals surface area contributed by atoms with Crippen LogP contribution in [0.3, 0.4) is 0 Å². The van der Waals surface area contributed by atoms with Crippen molar-refractivity contribution in [2.75, 3.05) is 5.32 Å². The van der Waals surface area contributed by atoms with Gasteiger partial charge in [-0.3, -0.25) is 9.59 Å². The zero-order chi connectivity index (χ0) is 19.0. The first-order valence-corrected chi connectivity index (χ1v) is 8.75. The Bertz CT molecular complexity index is 1060. The van der Waals surface area contributed by atoms with Crippen LogP contribution in [0.4, 0.5) is 10.2 Å². The number of hydrogen-bond acceptors (Lipinski definition) is 5. The minimum atomic E-state index is -0.835. The number of nitrogens with one attached hydrogen (secondary N) is 2. The second-order valence-electron chi connectivity index (χ2n) is 6.67. The van der Waals surface area contributed by atoms with Crippen LogP contribution in [0.15, 0.2) is 35.4 Å². The van der Waals surface area contributed by atoms with Crippen LogP contribution in [0.5, 0.6) is 0 Å². The number of carbonyl (C=O) groups is 1. The average Bonchev–Trinajstić information content (AvgIpc) is 3.06. The van der Waals surface area contributed by atoms with Gasteiger partial charge in [-0.15, -0.1) is 5.10 Å². The lowest BCUT2D eigenvalue weighted by atomic mass is 9.84. The predicted octanol–water partition coefficient (Wildman–Crippen LogP) is 2.30. The minimum absolute atomic E-state index is 0.253. The van der Waals surface area contributed by atoms with Crippen molar-refractivity contribution in [1.82, 2.24) is 19.7 Å². The van der Waals surface area contributed by atoms with Crippen LogP contribution in [0.2, 0.25) is 0 Å². The summed E-state index contributed by atoms with van der Waals surface area (Å²) in [4.78, 5) is 30.6. The Morgan fingerprint density at radius 3 is 2.96 bits per heavy atom. The van der Waals surface area contributed by atoms with Gasteiger partial charge in [0.15, 0.2) is 0 Å². The number of carboxylic acids is 1. The summed E-state index contributed by atoms with van der Waals surface area (Å²) in [5.74, 6) is -1.45. The van der Waals surface area contributed by atoms with E-state index in [0.29, 0.717) is 29.0 Å². The summed E-state index contributed by atoms with van der Waals surface area (Å²) in [6.07, 6.45) is 5.78. The standard InChI is InChI=1S/C18H18FN5O3/c19-10-7-12-14(9-21-17(12)20-8-10)24-16(25)6-5-15(23-24)22-13-4-2-1-3-11(13)18(26)27/h5-9,11,13H,1-4H2,(H,20,21)(H,22,23)(H,26,27). The molecule has 1 fully saturated rings. The highest BCUT2D eigenvalue weighted by molar-refractivity contribution is 5.85. The Morgan fingerprint density at radius 1 is 1.33 bits per heavy atom. The van der Waals surface area contributed by atoms with Crippen molar-refractivity contribution in [3.05, 3.63) is 46.8 Å². The van der Waals surface area contributed by atoms with Crippen LogP contribution < -0.4 is 10.9 Å². The maximum Gasteiger partial charge on any atom is 0.308 e. The summed E-state index contributed by atoms with van der Waals surface area (Å²) in [5, 5.41) is 17.3. The Hall–Kier alpha value is -3.23. The lowest BCUT2D eigenvalue weighted by Gasteiger charge is -2.29. The van der Waals surface area contributed by atoms with Crippen molar-refractivity contribution in [3.63, 3.8) is 0 Å². The van der Waals surface area contributed by atoms with Gasteiger partial charge in [-0.2, -0.15) is 4.68 Å². The van der Waals surface area contributed by atoms with E-state index < -0.39 is 17.7 Å². The van der Waals surface area contributed by atoms with E-state index in [9.17, 15) is 19.1 Å². The number of halogens is 1. The Labute approximate surface area is 153 Å². The summed E-state index contributed by atoms with van der Waals surface area (Å²) in [7, 11) is 0. The molecule has 0 amide bonds. The first-order valence-electron chi connectivity index (χ1n) is 8.75. The van der Waals surface area contributed by atoms with Gasteiger partial charge < -0.3 is 15.4 Å². The predicted molar refractivity (Wildman–Crippen MR) is 96.4 cm³/mol. The number of aliphatic carboxylic acids is 1. The fourth-order valence-electron chi connectivity index (χ4n) is 3.59. The molecule has 3 aromatic heterocycles. The number of carboxylic acid groups (broad SMARTS) is 1. The van der Waals surface area contributed by atoms with Gasteiger partial charge in [0, 0.05) is 23.7 Å². The van der Waals surface area contributed by atoms with Crippen LogP contribution in [0.25, 0.3) is 16.7 Å². The van der Waals surface area contributed by atoms with E-state index in [4.69, 9.17) is 0 Å². The molecule has 3 N–H and O–H groups in total. The second kappa shape index (κ2) is 6.82. The molecule has 0 radical (unpaired) electrons. The molecule has 0 bridgehead atoms. The number of nitrogens with zero attached hydrogens (tertiary/aromatic N) is 3. The van der Waals surface area contributed by atoms with Crippen LogP contribution in [-0.2, 0) is 4.79 Å². The number of aromatic nitrogens is 4. The normalized spacial score (nSPS) is 19.9. The number of fused-ring (bicyclic) bond motifs is 1. The van der Waals surface area contributed by atoms with E-state index in [-0.39, 0.29) is 11.6 Å². The lowest BCUT2D eigenvalue weighted by molar-refractivity contribution is -0.143. The Morgan fingerprint density at radius 2 is 2.15 bits per heavy atom. The first-order chi connectivity index (χ1) is 13.0. The van der Waals surface area contributed by atoms with E-state index in [0.717, 1.165) is 30.1 Å². The molecule has 1 aliphatic rings. The van der Waals surface area contributed by atoms with Gasteiger partial charge in [-0.1, -0.05) is 12.8 Å². The van der Waals surface area contributed by atoms with Gasteiger partial charge in [0.2, 0.25) is 0 Å². The number of pyridine rings is 1. The van der Waals surface area contributed by atoms with Gasteiger partial charge in [0.1, 0.15) is 17.3 Å². The molecule has 2 atom stereocenters. The van der Waals surface area contributed by atoms with Crippen LogP contribution >= 0.6 is 0 Å². The van der Waals surface area contributed by atoms with E-state index in [1.54, 1.807) is 0 Å². The largest absolute Gasteiger partial charge is 0.481 e. The fourth-order valence-corrected chi connectivity index (χ4v) is 3.59. The average molecular weight is 371 g/mol. The molecule has 3 heterocycles.